The van der Waals surface area contributed by atoms with Crippen molar-refractivity contribution in [2.45, 2.75) is 6.92 Å². The Kier molecular flexibility index (Phi) is 2.92. The average Bonchev–Trinajstić information content (AvgIpc) is 2.76. The molecule has 3 nitrogen and oxygen atoms in total. The van der Waals surface area contributed by atoms with Crippen LogP contribution in [0.1, 0.15) is 15.9 Å². The second-order valence-corrected chi connectivity index (χ2v) is 4.29. The van der Waals surface area contributed by atoms with Crippen LogP contribution in [0.3, 0.4) is 0 Å². The van der Waals surface area contributed by atoms with Gasteiger partial charge in [0, 0.05) is 5.38 Å². The van der Waals surface area contributed by atoms with Crippen molar-refractivity contribution in [2.75, 3.05) is 11.1 Å². The molecule has 0 bridgehead atoms. The van der Waals surface area contributed by atoms with Crippen LogP contribution in [0.25, 0.3) is 0 Å². The highest BCUT2D eigenvalue weighted by Crippen LogP contribution is 2.23. The van der Waals surface area contributed by atoms with Gasteiger partial charge in [-0.3, -0.25) is 4.79 Å². The first kappa shape index (κ1) is 10.7. The van der Waals surface area contributed by atoms with Crippen LogP contribution in [0.2, 0.25) is 0 Å². The molecule has 0 fully saturated rings. The Labute approximate surface area is 97.9 Å². The fourth-order valence-electron chi connectivity index (χ4n) is 1.44. The lowest BCUT2D eigenvalue weighted by Crippen LogP contribution is -2.13. The number of carbonyl (C=O) groups is 1. The van der Waals surface area contributed by atoms with Gasteiger partial charge in [0.15, 0.2) is 0 Å². The van der Waals surface area contributed by atoms with E-state index in [0.717, 1.165) is 5.56 Å². The van der Waals surface area contributed by atoms with Gasteiger partial charge in [0.2, 0.25) is 0 Å². The predicted molar refractivity (Wildman–Crippen MR) is 67.9 cm³/mol. The summed E-state index contributed by atoms with van der Waals surface area (Å²) in [6, 6.07) is 7.34. The number of hydrogen-bond acceptors (Lipinski definition) is 3. The van der Waals surface area contributed by atoms with Gasteiger partial charge in [0.1, 0.15) is 0 Å². The molecule has 1 amide bonds. The summed E-state index contributed by atoms with van der Waals surface area (Å²) in [4.78, 5) is 11.8. The number of nitrogens with two attached hydrogens (primary N) is 1. The van der Waals surface area contributed by atoms with Crippen LogP contribution in [-0.4, -0.2) is 5.91 Å². The summed E-state index contributed by atoms with van der Waals surface area (Å²) < 4.78 is 0. The number of benzene rings is 1. The molecule has 82 valence electrons. The zero-order chi connectivity index (χ0) is 11.5. The SMILES string of the molecule is Cc1cccc(N)c1NC(=O)c1ccsc1. The third-order valence-electron chi connectivity index (χ3n) is 2.33. The molecule has 16 heavy (non-hydrogen) atoms. The van der Waals surface area contributed by atoms with E-state index in [1.165, 1.54) is 11.3 Å². The quantitative estimate of drug-likeness (QED) is 0.782. The van der Waals surface area contributed by atoms with Gasteiger partial charge in [0.05, 0.1) is 16.9 Å². The molecule has 0 unspecified atom stereocenters. The Morgan fingerprint density at radius 3 is 2.81 bits per heavy atom. The zero-order valence-corrected chi connectivity index (χ0v) is 9.67. The molecule has 3 N–H and O–H groups in total. The second-order valence-electron chi connectivity index (χ2n) is 3.51. The number of aryl methyl sites for hydroxylation is 1. The fraction of sp³-hybridized carbons (Fsp3) is 0.0833. The molecule has 0 aliphatic rings. The van der Waals surface area contributed by atoms with E-state index >= 15 is 0 Å². The van der Waals surface area contributed by atoms with Crippen LogP contribution >= 0.6 is 11.3 Å². The third-order valence-corrected chi connectivity index (χ3v) is 3.01. The Morgan fingerprint density at radius 2 is 2.19 bits per heavy atom. The first-order chi connectivity index (χ1) is 7.68. The van der Waals surface area contributed by atoms with Crippen LogP contribution in [0.5, 0.6) is 0 Å². The first-order valence-corrected chi connectivity index (χ1v) is 5.81. The van der Waals surface area contributed by atoms with Gasteiger partial charge in [-0.2, -0.15) is 11.3 Å². The summed E-state index contributed by atoms with van der Waals surface area (Å²) in [5.74, 6) is -0.123. The van der Waals surface area contributed by atoms with Crippen molar-refractivity contribution < 1.29 is 4.79 Å². The van der Waals surface area contributed by atoms with Crippen LogP contribution in [0.4, 0.5) is 11.4 Å². The lowest BCUT2D eigenvalue weighted by Gasteiger charge is -2.10. The second kappa shape index (κ2) is 4.37. The molecule has 0 saturated heterocycles. The Hall–Kier alpha value is -1.81. The van der Waals surface area contributed by atoms with Crippen molar-refractivity contribution in [1.82, 2.24) is 0 Å². The van der Waals surface area contributed by atoms with Gasteiger partial charge in [0.25, 0.3) is 5.91 Å². The Morgan fingerprint density at radius 1 is 1.38 bits per heavy atom. The normalized spacial score (nSPS) is 10.1. The van der Waals surface area contributed by atoms with E-state index in [1.54, 1.807) is 12.1 Å². The maximum Gasteiger partial charge on any atom is 0.256 e. The molecule has 0 aliphatic heterocycles. The van der Waals surface area contributed by atoms with Gasteiger partial charge < -0.3 is 11.1 Å². The number of hydrogen-bond donors (Lipinski definition) is 2. The molecular formula is C12H12N2OS. The highest BCUT2D eigenvalue weighted by Gasteiger charge is 2.09. The number of nitrogen functional groups attached to an aromatic ring is 1. The minimum atomic E-state index is -0.123. The van der Waals surface area contributed by atoms with E-state index in [-0.39, 0.29) is 5.91 Å². The summed E-state index contributed by atoms with van der Waals surface area (Å²) >= 11 is 1.49. The van der Waals surface area contributed by atoms with Crippen molar-refractivity contribution in [2.24, 2.45) is 0 Å². The molecule has 4 heteroatoms. The van der Waals surface area contributed by atoms with Gasteiger partial charge in [-0.25, -0.2) is 0 Å². The maximum absolute atomic E-state index is 11.8. The van der Waals surface area contributed by atoms with Gasteiger partial charge >= 0.3 is 0 Å². The van der Waals surface area contributed by atoms with Crippen LogP contribution in [0.15, 0.2) is 35.0 Å². The summed E-state index contributed by atoms with van der Waals surface area (Å²) in [7, 11) is 0. The number of anilines is 2. The molecule has 2 aromatic rings. The summed E-state index contributed by atoms with van der Waals surface area (Å²) in [6.07, 6.45) is 0. The van der Waals surface area contributed by atoms with E-state index < -0.39 is 0 Å². The molecule has 0 aliphatic carbocycles. The number of carbonyl (C=O) groups excluding carboxylic acids is 1. The lowest BCUT2D eigenvalue weighted by molar-refractivity contribution is 0.102. The largest absolute Gasteiger partial charge is 0.397 e. The van der Waals surface area contributed by atoms with E-state index in [9.17, 15) is 4.79 Å². The summed E-state index contributed by atoms with van der Waals surface area (Å²) in [5, 5.41) is 6.50. The Bertz CT molecular complexity index is 485. The maximum atomic E-state index is 11.8. The topological polar surface area (TPSA) is 55.1 Å². The Balaban J connectivity index is 2.25. The van der Waals surface area contributed by atoms with E-state index in [1.807, 2.05) is 29.8 Å². The highest BCUT2D eigenvalue weighted by atomic mass is 32.1. The standard InChI is InChI=1S/C12H12N2OS/c1-8-3-2-4-10(13)11(8)14-12(15)9-5-6-16-7-9/h2-7H,13H2,1H3,(H,14,15). The minimum Gasteiger partial charge on any atom is -0.397 e. The molecule has 1 heterocycles. The molecular weight excluding hydrogens is 220 g/mol. The van der Waals surface area contributed by atoms with Crippen molar-refractivity contribution in [3.63, 3.8) is 0 Å². The molecule has 0 atom stereocenters. The van der Waals surface area contributed by atoms with Crippen molar-refractivity contribution >= 4 is 28.6 Å². The summed E-state index contributed by atoms with van der Waals surface area (Å²) in [6.45, 7) is 1.92. The van der Waals surface area contributed by atoms with E-state index in [4.69, 9.17) is 5.73 Å². The van der Waals surface area contributed by atoms with Gasteiger partial charge in [-0.1, -0.05) is 12.1 Å². The number of amides is 1. The fourth-order valence-corrected chi connectivity index (χ4v) is 2.08. The smallest absolute Gasteiger partial charge is 0.256 e. The monoisotopic (exact) mass is 232 g/mol. The first-order valence-electron chi connectivity index (χ1n) is 4.87. The van der Waals surface area contributed by atoms with Gasteiger partial charge in [-0.05, 0) is 30.0 Å². The predicted octanol–water partition coefficient (Wildman–Crippen LogP) is 2.89. The van der Waals surface area contributed by atoms with Crippen molar-refractivity contribution in [3.05, 3.63) is 46.2 Å². The van der Waals surface area contributed by atoms with Crippen molar-refractivity contribution in [1.29, 1.82) is 0 Å². The van der Waals surface area contributed by atoms with Gasteiger partial charge in [-0.15, -0.1) is 0 Å². The lowest BCUT2D eigenvalue weighted by atomic mass is 10.1. The van der Waals surface area contributed by atoms with Crippen LogP contribution in [0, 0.1) is 6.92 Å². The number of para-hydroxylation sites is 1. The minimum absolute atomic E-state index is 0.123. The third kappa shape index (κ3) is 2.06. The molecule has 1 aromatic heterocycles. The zero-order valence-electron chi connectivity index (χ0n) is 8.86. The number of nitrogens with one attached hydrogen (secondary N) is 1. The summed E-state index contributed by atoms with van der Waals surface area (Å²) in [5.41, 5.74) is 8.71. The molecule has 2 rings (SSSR count). The number of thiophene rings is 1. The average molecular weight is 232 g/mol. The van der Waals surface area contributed by atoms with Crippen LogP contribution < -0.4 is 11.1 Å². The molecule has 0 spiro atoms. The van der Waals surface area contributed by atoms with E-state index in [0.29, 0.717) is 16.9 Å². The molecule has 1 aromatic carbocycles. The molecule has 0 saturated carbocycles. The number of rotatable bonds is 2. The van der Waals surface area contributed by atoms with E-state index in [2.05, 4.69) is 5.32 Å². The highest BCUT2D eigenvalue weighted by molar-refractivity contribution is 7.08. The van der Waals surface area contributed by atoms with Crippen LogP contribution in [-0.2, 0) is 0 Å². The molecule has 0 radical (unpaired) electrons. The van der Waals surface area contributed by atoms with Crippen molar-refractivity contribution in [3.8, 4) is 0 Å².